The standard InChI is InChI=1S/C22H33N3O2/c26-21(22(27)24-19-8-4-3-5-9-19)23-15-14-18-10-12-20(13-11-18)25-16-6-1-2-7-17-25/h10-13,19H,1-9,14-17H2,(H,23,26)(H,24,27). The average Bonchev–Trinajstić information content (AvgIpc) is 2.99. The molecular formula is C22H33N3O2. The van der Waals surface area contributed by atoms with Gasteiger partial charge in [-0.05, 0) is 49.8 Å². The molecule has 0 radical (unpaired) electrons. The molecule has 0 bridgehead atoms. The lowest BCUT2D eigenvalue weighted by molar-refractivity contribution is -0.139. The summed E-state index contributed by atoms with van der Waals surface area (Å²) in [6, 6.07) is 8.79. The molecule has 5 nitrogen and oxygen atoms in total. The van der Waals surface area contributed by atoms with Crippen LogP contribution >= 0.6 is 0 Å². The lowest BCUT2D eigenvalue weighted by atomic mass is 9.95. The van der Waals surface area contributed by atoms with Crippen LogP contribution in [0.3, 0.4) is 0 Å². The van der Waals surface area contributed by atoms with Gasteiger partial charge in [0, 0.05) is 31.4 Å². The zero-order valence-electron chi connectivity index (χ0n) is 16.3. The zero-order valence-corrected chi connectivity index (χ0v) is 16.3. The molecule has 1 saturated carbocycles. The number of hydrogen-bond acceptors (Lipinski definition) is 3. The first kappa shape index (κ1) is 19.7. The monoisotopic (exact) mass is 371 g/mol. The second-order valence-corrected chi connectivity index (χ2v) is 7.88. The number of amides is 2. The predicted octanol–water partition coefficient (Wildman–Crippen LogP) is 3.17. The maximum atomic E-state index is 12.0. The number of rotatable bonds is 5. The highest BCUT2D eigenvalue weighted by Gasteiger charge is 2.20. The van der Waals surface area contributed by atoms with E-state index in [0.717, 1.165) is 45.2 Å². The van der Waals surface area contributed by atoms with Crippen LogP contribution < -0.4 is 15.5 Å². The second-order valence-electron chi connectivity index (χ2n) is 7.88. The molecule has 1 heterocycles. The predicted molar refractivity (Wildman–Crippen MR) is 109 cm³/mol. The van der Waals surface area contributed by atoms with Crippen molar-refractivity contribution in [1.29, 1.82) is 0 Å². The van der Waals surface area contributed by atoms with Gasteiger partial charge in [0.05, 0.1) is 0 Å². The van der Waals surface area contributed by atoms with Crippen LogP contribution in [0.2, 0.25) is 0 Å². The summed E-state index contributed by atoms with van der Waals surface area (Å²) in [4.78, 5) is 26.4. The summed E-state index contributed by atoms with van der Waals surface area (Å²) in [6.07, 6.45) is 11.4. The average molecular weight is 372 g/mol. The molecule has 2 aliphatic rings. The Morgan fingerprint density at radius 2 is 1.48 bits per heavy atom. The maximum Gasteiger partial charge on any atom is 0.309 e. The van der Waals surface area contributed by atoms with Gasteiger partial charge in [-0.25, -0.2) is 0 Å². The number of anilines is 1. The molecule has 0 spiro atoms. The minimum atomic E-state index is -0.512. The smallest absolute Gasteiger partial charge is 0.309 e. The van der Waals surface area contributed by atoms with Gasteiger partial charge in [0.25, 0.3) is 0 Å². The number of hydrogen-bond donors (Lipinski definition) is 2. The number of benzene rings is 1. The Balaban J connectivity index is 1.39. The summed E-state index contributed by atoms with van der Waals surface area (Å²) in [7, 11) is 0. The van der Waals surface area contributed by atoms with Crippen LogP contribution in [0.1, 0.15) is 63.4 Å². The Labute approximate surface area is 162 Å². The van der Waals surface area contributed by atoms with E-state index in [9.17, 15) is 9.59 Å². The molecule has 1 aliphatic carbocycles. The SMILES string of the molecule is O=C(NCCc1ccc(N2CCCCCC2)cc1)C(=O)NC1CCCCC1. The summed E-state index contributed by atoms with van der Waals surface area (Å²) in [5.74, 6) is -1.000. The van der Waals surface area contributed by atoms with Gasteiger partial charge in [-0.15, -0.1) is 0 Å². The van der Waals surface area contributed by atoms with Crippen molar-refractivity contribution < 1.29 is 9.59 Å². The molecule has 3 rings (SSSR count). The highest BCUT2D eigenvalue weighted by atomic mass is 16.2. The molecule has 1 saturated heterocycles. The number of carbonyl (C=O) groups is 2. The largest absolute Gasteiger partial charge is 0.372 e. The van der Waals surface area contributed by atoms with E-state index in [1.807, 2.05) is 0 Å². The van der Waals surface area contributed by atoms with Crippen molar-refractivity contribution in [3.8, 4) is 0 Å². The maximum absolute atomic E-state index is 12.0. The first-order valence-corrected chi connectivity index (χ1v) is 10.6. The highest BCUT2D eigenvalue weighted by molar-refractivity contribution is 6.35. The lowest BCUT2D eigenvalue weighted by Crippen LogP contribution is -2.45. The van der Waals surface area contributed by atoms with Gasteiger partial charge in [-0.1, -0.05) is 44.2 Å². The van der Waals surface area contributed by atoms with E-state index in [-0.39, 0.29) is 6.04 Å². The fraction of sp³-hybridized carbons (Fsp3) is 0.636. The van der Waals surface area contributed by atoms with Gasteiger partial charge >= 0.3 is 11.8 Å². The van der Waals surface area contributed by atoms with Gasteiger partial charge in [0.1, 0.15) is 0 Å². The fourth-order valence-electron chi connectivity index (χ4n) is 4.10. The van der Waals surface area contributed by atoms with Gasteiger partial charge < -0.3 is 15.5 Å². The van der Waals surface area contributed by atoms with E-state index < -0.39 is 11.8 Å². The van der Waals surface area contributed by atoms with E-state index in [1.165, 1.54) is 43.4 Å². The van der Waals surface area contributed by atoms with Crippen LogP contribution in [0.4, 0.5) is 5.69 Å². The van der Waals surface area contributed by atoms with Crippen molar-refractivity contribution in [3.63, 3.8) is 0 Å². The number of carbonyl (C=O) groups excluding carboxylic acids is 2. The Hall–Kier alpha value is -2.04. The first-order valence-electron chi connectivity index (χ1n) is 10.6. The fourth-order valence-corrected chi connectivity index (χ4v) is 4.10. The highest BCUT2D eigenvalue weighted by Crippen LogP contribution is 2.20. The Morgan fingerprint density at radius 1 is 0.852 bits per heavy atom. The van der Waals surface area contributed by atoms with E-state index >= 15 is 0 Å². The zero-order chi connectivity index (χ0) is 18.9. The van der Waals surface area contributed by atoms with Crippen molar-refractivity contribution in [3.05, 3.63) is 29.8 Å². The molecule has 148 valence electrons. The van der Waals surface area contributed by atoms with Crippen molar-refractivity contribution in [1.82, 2.24) is 10.6 Å². The van der Waals surface area contributed by atoms with Crippen LogP contribution in [-0.4, -0.2) is 37.5 Å². The molecule has 2 amide bonds. The third-order valence-electron chi connectivity index (χ3n) is 5.75. The van der Waals surface area contributed by atoms with Crippen molar-refractivity contribution in [2.75, 3.05) is 24.5 Å². The summed E-state index contributed by atoms with van der Waals surface area (Å²) >= 11 is 0. The van der Waals surface area contributed by atoms with Crippen molar-refractivity contribution in [2.45, 2.75) is 70.3 Å². The molecule has 5 heteroatoms. The van der Waals surface area contributed by atoms with Gasteiger partial charge in [0.15, 0.2) is 0 Å². The normalized spacial score (nSPS) is 18.6. The van der Waals surface area contributed by atoms with Crippen LogP contribution in [0.5, 0.6) is 0 Å². The Bertz CT molecular complexity index is 600. The molecule has 1 aliphatic heterocycles. The molecule has 0 unspecified atom stereocenters. The third kappa shape index (κ3) is 6.26. The van der Waals surface area contributed by atoms with Crippen LogP contribution in [0.25, 0.3) is 0 Å². The summed E-state index contributed by atoms with van der Waals surface area (Å²) in [5, 5.41) is 5.61. The van der Waals surface area contributed by atoms with Crippen LogP contribution in [-0.2, 0) is 16.0 Å². The molecule has 2 fully saturated rings. The summed E-state index contributed by atoms with van der Waals surface area (Å²) in [6.45, 7) is 2.77. The van der Waals surface area contributed by atoms with E-state index in [1.54, 1.807) is 0 Å². The van der Waals surface area contributed by atoms with Crippen molar-refractivity contribution >= 4 is 17.5 Å². The minimum absolute atomic E-state index is 0.170. The quantitative estimate of drug-likeness (QED) is 0.782. The van der Waals surface area contributed by atoms with Crippen LogP contribution in [0.15, 0.2) is 24.3 Å². The van der Waals surface area contributed by atoms with Gasteiger partial charge in [0.2, 0.25) is 0 Å². The Kier molecular flexibility index (Phi) is 7.55. The lowest BCUT2D eigenvalue weighted by Gasteiger charge is -2.23. The molecule has 1 aromatic rings. The third-order valence-corrected chi connectivity index (χ3v) is 5.75. The number of nitrogens with zero attached hydrogens (tertiary/aromatic N) is 1. The second kappa shape index (κ2) is 10.3. The van der Waals surface area contributed by atoms with E-state index in [4.69, 9.17) is 0 Å². The van der Waals surface area contributed by atoms with E-state index in [2.05, 4.69) is 39.8 Å². The van der Waals surface area contributed by atoms with Gasteiger partial charge in [-0.3, -0.25) is 9.59 Å². The molecule has 1 aromatic carbocycles. The molecule has 0 aromatic heterocycles. The Morgan fingerprint density at radius 3 is 2.15 bits per heavy atom. The molecule has 0 atom stereocenters. The van der Waals surface area contributed by atoms with E-state index in [0.29, 0.717) is 6.54 Å². The number of nitrogens with one attached hydrogen (secondary N) is 2. The van der Waals surface area contributed by atoms with Crippen molar-refractivity contribution in [2.24, 2.45) is 0 Å². The first-order chi connectivity index (χ1) is 13.2. The molecule has 2 N–H and O–H groups in total. The summed E-state index contributed by atoms with van der Waals surface area (Å²) in [5.41, 5.74) is 2.47. The molecular weight excluding hydrogens is 338 g/mol. The van der Waals surface area contributed by atoms with Crippen LogP contribution in [0, 0.1) is 0 Å². The minimum Gasteiger partial charge on any atom is -0.372 e. The topological polar surface area (TPSA) is 61.4 Å². The summed E-state index contributed by atoms with van der Waals surface area (Å²) < 4.78 is 0. The van der Waals surface area contributed by atoms with Gasteiger partial charge in [-0.2, -0.15) is 0 Å². The molecule has 27 heavy (non-hydrogen) atoms.